The highest BCUT2D eigenvalue weighted by Crippen LogP contribution is 2.53. The molecule has 1 aliphatic heterocycles. The van der Waals surface area contributed by atoms with Gasteiger partial charge >= 0.3 is 0 Å². The van der Waals surface area contributed by atoms with E-state index < -0.39 is 0 Å². The summed E-state index contributed by atoms with van der Waals surface area (Å²) >= 11 is 5.48. The largest absolute Gasteiger partial charge is 0.226 e. The van der Waals surface area contributed by atoms with Gasteiger partial charge in [0.25, 0.3) is 0 Å². The molecular weight excluding hydrogens is 653 g/mol. The van der Waals surface area contributed by atoms with Gasteiger partial charge in [-0.15, -0.1) is 22.7 Å². The highest BCUT2D eigenvalue weighted by Gasteiger charge is 2.26. The van der Waals surface area contributed by atoms with E-state index in [1.807, 2.05) is 23.1 Å². The van der Waals surface area contributed by atoms with Crippen LogP contribution >= 0.6 is 34.4 Å². The summed E-state index contributed by atoms with van der Waals surface area (Å²) in [5.41, 5.74) is 9.13. The molecule has 0 aliphatic carbocycles. The van der Waals surface area contributed by atoms with Crippen molar-refractivity contribution < 1.29 is 0 Å². The molecule has 0 saturated heterocycles. The van der Waals surface area contributed by atoms with E-state index in [1.54, 1.807) is 11.3 Å². The molecule has 7 aromatic carbocycles. The Morgan fingerprint density at radius 1 is 0.429 bits per heavy atom. The maximum absolute atomic E-state index is 5.49. The average molecular weight is 677 g/mol. The molecule has 1 aliphatic rings. The quantitative estimate of drug-likeness (QED) is 0.186. The summed E-state index contributed by atoms with van der Waals surface area (Å²) in [5.74, 6) is 0.764. The molecule has 0 atom stereocenters. The first-order valence-electron chi connectivity index (χ1n) is 16.3. The van der Waals surface area contributed by atoms with Crippen LogP contribution in [0.25, 0.3) is 96.1 Å². The van der Waals surface area contributed by atoms with E-state index in [0.717, 1.165) is 32.9 Å². The average Bonchev–Trinajstić information content (AvgIpc) is 3.73. The Labute approximate surface area is 294 Å². The van der Waals surface area contributed by atoms with Crippen molar-refractivity contribution in [3.63, 3.8) is 0 Å². The summed E-state index contributed by atoms with van der Waals surface area (Å²) in [6, 6.07) is 52.8. The van der Waals surface area contributed by atoms with E-state index >= 15 is 0 Å². The minimum absolute atomic E-state index is 0.764. The molecule has 0 radical (unpaired) electrons. The second-order valence-electron chi connectivity index (χ2n) is 12.5. The smallest absolute Gasteiger partial charge is 0.161 e. The molecule has 11 rings (SSSR count). The van der Waals surface area contributed by atoms with Crippen molar-refractivity contribution in [1.29, 1.82) is 0 Å². The molecule has 0 amide bonds. The molecule has 49 heavy (non-hydrogen) atoms. The predicted molar refractivity (Wildman–Crippen MR) is 211 cm³/mol. The minimum atomic E-state index is 0.764. The van der Waals surface area contributed by atoms with Crippen molar-refractivity contribution in [3.05, 3.63) is 146 Å². The Balaban J connectivity index is 1.18. The van der Waals surface area contributed by atoms with E-state index in [2.05, 4.69) is 146 Å². The van der Waals surface area contributed by atoms with E-state index in [-0.39, 0.29) is 0 Å². The van der Waals surface area contributed by atoms with Crippen LogP contribution in [0.3, 0.4) is 0 Å². The Morgan fingerprint density at radius 2 is 1.16 bits per heavy atom. The summed E-state index contributed by atoms with van der Waals surface area (Å²) in [6.45, 7) is 0. The zero-order chi connectivity index (χ0) is 32.1. The van der Waals surface area contributed by atoms with Crippen molar-refractivity contribution in [2.75, 3.05) is 0 Å². The number of hydrogen-bond donors (Lipinski definition) is 0. The highest BCUT2D eigenvalue weighted by molar-refractivity contribution is 7.99. The SMILES string of the molecule is c1ccc(-c2ccc3c4c(cccc24)-c2c(cccc2-c2nc(-c4ccc5c(c4)sc4ccccc45)c4sc5ccccc5c4n2)S3)cc1. The summed E-state index contributed by atoms with van der Waals surface area (Å²) in [5, 5.41) is 6.34. The topological polar surface area (TPSA) is 25.8 Å². The standard InChI is InChI=1S/C44H24N2S3/c1-2-10-25(11-3-1)27-22-23-37-39-30(27)14-8-15-32(39)40-33(16-9-19-36(40)48-37)44-45-41(43-42(46-44)31-13-5-7-18-35(31)49-43)26-20-21-29-28-12-4-6-17-34(28)47-38(29)24-26/h1-24H. The van der Waals surface area contributed by atoms with Gasteiger partial charge in [0.1, 0.15) is 0 Å². The van der Waals surface area contributed by atoms with Crippen LogP contribution in [0.1, 0.15) is 0 Å². The van der Waals surface area contributed by atoms with Crippen LogP contribution in [-0.2, 0) is 0 Å². The fourth-order valence-electron chi connectivity index (χ4n) is 7.52. The molecule has 0 saturated carbocycles. The van der Waals surface area contributed by atoms with E-state index in [4.69, 9.17) is 9.97 Å². The molecule has 0 fully saturated rings. The maximum atomic E-state index is 5.49. The van der Waals surface area contributed by atoms with Crippen molar-refractivity contribution in [1.82, 2.24) is 9.97 Å². The minimum Gasteiger partial charge on any atom is -0.226 e. The molecule has 3 aromatic heterocycles. The van der Waals surface area contributed by atoms with Gasteiger partial charge in [-0.05, 0) is 52.4 Å². The number of nitrogens with zero attached hydrogens (tertiary/aromatic N) is 2. The van der Waals surface area contributed by atoms with E-state index in [1.165, 1.54) is 73.1 Å². The lowest BCUT2D eigenvalue weighted by atomic mass is 9.90. The molecule has 0 spiro atoms. The van der Waals surface area contributed by atoms with Crippen LogP contribution < -0.4 is 0 Å². The fraction of sp³-hybridized carbons (Fsp3) is 0. The molecule has 0 N–H and O–H groups in total. The zero-order valence-electron chi connectivity index (χ0n) is 26.0. The predicted octanol–water partition coefficient (Wildman–Crippen LogP) is 13.5. The van der Waals surface area contributed by atoms with E-state index in [0.29, 0.717) is 0 Å². The third kappa shape index (κ3) is 4.13. The maximum Gasteiger partial charge on any atom is 0.161 e. The molecule has 2 nitrogen and oxygen atoms in total. The monoisotopic (exact) mass is 676 g/mol. The molecular formula is C44H24N2S3. The summed E-state index contributed by atoms with van der Waals surface area (Å²) in [7, 11) is 0. The van der Waals surface area contributed by atoms with Crippen LogP contribution in [0.15, 0.2) is 155 Å². The Morgan fingerprint density at radius 3 is 2.06 bits per heavy atom. The number of hydrogen-bond acceptors (Lipinski definition) is 5. The van der Waals surface area contributed by atoms with Gasteiger partial charge in [0.05, 0.1) is 15.9 Å². The second-order valence-corrected chi connectivity index (χ2v) is 15.7. The molecule has 5 heteroatoms. The van der Waals surface area contributed by atoms with Crippen molar-refractivity contribution in [3.8, 4) is 44.9 Å². The second kappa shape index (κ2) is 10.6. The zero-order valence-corrected chi connectivity index (χ0v) is 28.4. The number of fused-ring (bicyclic) bond motifs is 8. The number of rotatable bonds is 3. The first-order chi connectivity index (χ1) is 24.3. The van der Waals surface area contributed by atoms with Gasteiger partial charge in [0, 0.05) is 62.1 Å². The van der Waals surface area contributed by atoms with E-state index in [9.17, 15) is 0 Å². The first-order valence-corrected chi connectivity index (χ1v) is 18.8. The lowest BCUT2D eigenvalue weighted by Crippen LogP contribution is -1.99. The lowest BCUT2D eigenvalue weighted by molar-refractivity contribution is 1.23. The molecule has 0 bridgehead atoms. The number of benzene rings is 7. The van der Waals surface area contributed by atoms with Crippen LogP contribution in [-0.4, -0.2) is 9.97 Å². The van der Waals surface area contributed by atoms with Crippen LogP contribution in [0, 0.1) is 0 Å². The molecule has 10 aromatic rings. The summed E-state index contributed by atoms with van der Waals surface area (Å²) in [4.78, 5) is 13.4. The van der Waals surface area contributed by atoms with Gasteiger partial charge in [-0.2, -0.15) is 0 Å². The Kier molecular flexibility index (Phi) is 5.96. The van der Waals surface area contributed by atoms with Gasteiger partial charge in [0.15, 0.2) is 5.82 Å². The van der Waals surface area contributed by atoms with Gasteiger partial charge < -0.3 is 0 Å². The highest BCUT2D eigenvalue weighted by atomic mass is 32.2. The Bertz CT molecular complexity index is 2970. The molecule has 4 heterocycles. The molecule has 228 valence electrons. The van der Waals surface area contributed by atoms with Crippen molar-refractivity contribution in [2.45, 2.75) is 9.79 Å². The van der Waals surface area contributed by atoms with Crippen LogP contribution in [0.5, 0.6) is 0 Å². The summed E-state index contributed by atoms with van der Waals surface area (Å²) in [6.07, 6.45) is 0. The summed E-state index contributed by atoms with van der Waals surface area (Å²) < 4.78 is 4.94. The third-order valence-electron chi connectivity index (χ3n) is 9.72. The van der Waals surface area contributed by atoms with Gasteiger partial charge in [-0.3, -0.25) is 0 Å². The van der Waals surface area contributed by atoms with Crippen LogP contribution in [0.2, 0.25) is 0 Å². The van der Waals surface area contributed by atoms with Gasteiger partial charge in [-0.25, -0.2) is 9.97 Å². The van der Waals surface area contributed by atoms with Crippen LogP contribution in [0.4, 0.5) is 0 Å². The van der Waals surface area contributed by atoms with Gasteiger partial charge in [0.2, 0.25) is 0 Å². The Hall–Kier alpha value is -5.33. The number of thiophene rings is 2. The van der Waals surface area contributed by atoms with Crippen molar-refractivity contribution in [2.24, 2.45) is 0 Å². The third-order valence-corrected chi connectivity index (χ3v) is 13.1. The first kappa shape index (κ1) is 27.6. The van der Waals surface area contributed by atoms with Gasteiger partial charge in [-0.1, -0.05) is 127 Å². The lowest BCUT2D eigenvalue weighted by Gasteiger charge is -2.24. The number of aromatic nitrogens is 2. The van der Waals surface area contributed by atoms with Crippen molar-refractivity contribution >= 4 is 85.7 Å². The fourth-order valence-corrected chi connectivity index (χ4v) is 11.0. The normalized spacial score (nSPS) is 12.4. The molecule has 0 unspecified atom stereocenters.